The zero-order valence-electron chi connectivity index (χ0n) is 14.2. The van der Waals surface area contributed by atoms with E-state index in [0.29, 0.717) is 36.7 Å². The number of aliphatic hydroxyl groups is 1. The average Bonchev–Trinajstić information content (AvgIpc) is 2.59. The Labute approximate surface area is 152 Å². The van der Waals surface area contributed by atoms with Crippen molar-refractivity contribution in [2.75, 3.05) is 31.0 Å². The second kappa shape index (κ2) is 7.50. The van der Waals surface area contributed by atoms with Gasteiger partial charge in [-0.05, 0) is 25.0 Å². The van der Waals surface area contributed by atoms with E-state index >= 15 is 0 Å². The Kier molecular flexibility index (Phi) is 5.33. The van der Waals surface area contributed by atoms with Crippen LogP contribution in [-0.2, 0) is 15.0 Å². The number of anilines is 1. The van der Waals surface area contributed by atoms with Crippen LogP contribution in [0, 0.1) is 5.92 Å². The van der Waals surface area contributed by atoms with Crippen LogP contribution in [-0.4, -0.2) is 56.5 Å². The lowest BCUT2D eigenvalue weighted by atomic mass is 9.98. The molecule has 1 aromatic carbocycles. The van der Waals surface area contributed by atoms with Gasteiger partial charge in [0.15, 0.2) is 5.84 Å². The molecule has 142 valence electrons. The van der Waals surface area contributed by atoms with Crippen LogP contribution in [0.4, 0.5) is 5.69 Å². The lowest BCUT2D eigenvalue weighted by Crippen LogP contribution is -2.41. The van der Waals surface area contributed by atoms with Crippen molar-refractivity contribution < 1.29 is 23.1 Å². The third-order valence-electron chi connectivity index (χ3n) is 4.41. The van der Waals surface area contributed by atoms with Gasteiger partial charge in [0.25, 0.3) is 0 Å². The van der Waals surface area contributed by atoms with E-state index in [2.05, 4.69) is 9.12 Å². The Morgan fingerprint density at radius 1 is 1.46 bits per heavy atom. The van der Waals surface area contributed by atoms with Crippen LogP contribution in [0.3, 0.4) is 0 Å². The summed E-state index contributed by atoms with van der Waals surface area (Å²) in [6, 6.07) is 4.97. The largest absolute Gasteiger partial charge is 0.492 e. The summed E-state index contributed by atoms with van der Waals surface area (Å²) in [6.07, 6.45) is 1.93. The average molecular weight is 382 g/mol. The molecule has 1 fully saturated rings. The van der Waals surface area contributed by atoms with E-state index in [-0.39, 0.29) is 30.7 Å². The molecule has 2 heterocycles. The maximum Gasteiger partial charge on any atom is 0.344 e. The van der Waals surface area contributed by atoms with Crippen molar-refractivity contribution in [2.24, 2.45) is 16.0 Å². The lowest BCUT2D eigenvalue weighted by molar-refractivity contribution is -0.133. The lowest BCUT2D eigenvalue weighted by Gasteiger charge is -2.33. The number of nitrogens with zero attached hydrogens (tertiary/aromatic N) is 2. The maximum absolute atomic E-state index is 11.9. The van der Waals surface area contributed by atoms with Crippen molar-refractivity contribution in [2.45, 2.75) is 19.3 Å². The monoisotopic (exact) mass is 382 g/mol. The number of ether oxygens (including phenoxy) is 1. The smallest absolute Gasteiger partial charge is 0.344 e. The molecule has 0 aromatic heterocycles. The molecule has 9 nitrogen and oxygen atoms in total. The van der Waals surface area contributed by atoms with Crippen LogP contribution in [0.1, 0.15) is 24.8 Å². The van der Waals surface area contributed by atoms with Crippen LogP contribution in [0.15, 0.2) is 22.6 Å². The molecule has 1 saturated heterocycles. The fourth-order valence-electron chi connectivity index (χ4n) is 3.23. The van der Waals surface area contributed by atoms with Gasteiger partial charge in [-0.25, -0.2) is 0 Å². The summed E-state index contributed by atoms with van der Waals surface area (Å²) < 4.78 is 34.9. The highest BCUT2D eigenvalue weighted by atomic mass is 32.2. The van der Waals surface area contributed by atoms with Crippen molar-refractivity contribution in [3.05, 3.63) is 23.8 Å². The summed E-state index contributed by atoms with van der Waals surface area (Å²) in [7, 11) is -3.83. The molecule has 0 aliphatic carbocycles. The molecule has 2 aliphatic rings. The number of amidine groups is 1. The molecule has 1 atom stereocenters. The maximum atomic E-state index is 11.9. The second-order valence-electron chi connectivity index (χ2n) is 6.36. The molecule has 10 heteroatoms. The fourth-order valence-corrected chi connectivity index (χ4v) is 4.07. The van der Waals surface area contributed by atoms with Gasteiger partial charge in [-0.15, -0.1) is 4.40 Å². The predicted octanol–water partition coefficient (Wildman–Crippen LogP) is 0.0620. The Bertz CT molecular complexity index is 824. The quantitative estimate of drug-likeness (QED) is 0.659. The minimum atomic E-state index is -3.83. The normalized spacial score (nSPS) is 21.3. The highest BCUT2D eigenvalue weighted by Crippen LogP contribution is 2.31. The number of carbonyl (C=O) groups excluding carboxylic acids is 1. The molecular formula is C16H22N4O5S. The van der Waals surface area contributed by atoms with E-state index in [1.165, 1.54) is 0 Å². The van der Waals surface area contributed by atoms with Gasteiger partial charge in [0.1, 0.15) is 5.75 Å². The number of hydrogen-bond acceptors (Lipinski definition) is 6. The van der Waals surface area contributed by atoms with Crippen LogP contribution in [0.2, 0.25) is 0 Å². The van der Waals surface area contributed by atoms with Gasteiger partial charge < -0.3 is 20.5 Å². The van der Waals surface area contributed by atoms with Gasteiger partial charge in [-0.1, -0.05) is 6.07 Å². The first kappa shape index (κ1) is 18.5. The van der Waals surface area contributed by atoms with Crippen LogP contribution in [0.25, 0.3) is 0 Å². The molecule has 26 heavy (non-hydrogen) atoms. The topological polar surface area (TPSA) is 134 Å². The van der Waals surface area contributed by atoms with Crippen molar-refractivity contribution in [3.8, 4) is 5.75 Å². The van der Waals surface area contributed by atoms with Gasteiger partial charge in [-0.3, -0.25) is 9.52 Å². The van der Waals surface area contributed by atoms with Crippen LogP contribution < -0.4 is 15.2 Å². The minimum Gasteiger partial charge on any atom is -0.492 e. The molecular weight excluding hydrogens is 360 g/mol. The fraction of sp³-hybridized carbons (Fsp3) is 0.500. The molecule has 1 aromatic rings. The zero-order valence-corrected chi connectivity index (χ0v) is 15.0. The highest BCUT2D eigenvalue weighted by Gasteiger charge is 2.26. The van der Waals surface area contributed by atoms with E-state index in [1.54, 1.807) is 23.1 Å². The molecule has 0 unspecified atom stereocenters. The number of carbonyl (C=O) groups is 1. The predicted molar refractivity (Wildman–Crippen MR) is 96.2 cm³/mol. The van der Waals surface area contributed by atoms with Crippen molar-refractivity contribution in [1.29, 1.82) is 0 Å². The molecule has 1 amide bonds. The van der Waals surface area contributed by atoms with Gasteiger partial charge in [0, 0.05) is 25.4 Å². The SMILES string of the molecule is NC1=NS(=O)(=O)Nc2cccc(OC[C@H]3CCCN(C(=O)CCO)C3)c21. The second-order valence-corrected chi connectivity index (χ2v) is 7.70. The number of nitrogens with one attached hydrogen (secondary N) is 1. The third kappa shape index (κ3) is 4.07. The van der Waals surface area contributed by atoms with Crippen molar-refractivity contribution in [1.82, 2.24) is 4.90 Å². The van der Waals surface area contributed by atoms with Crippen molar-refractivity contribution in [3.63, 3.8) is 0 Å². The first-order valence-corrected chi connectivity index (χ1v) is 9.86. The number of hydrogen-bond donors (Lipinski definition) is 3. The van der Waals surface area contributed by atoms with Crippen LogP contribution in [0.5, 0.6) is 5.75 Å². The Balaban J connectivity index is 1.69. The number of benzene rings is 1. The van der Waals surface area contributed by atoms with E-state index < -0.39 is 10.2 Å². The Morgan fingerprint density at radius 3 is 3.04 bits per heavy atom. The van der Waals surface area contributed by atoms with Gasteiger partial charge in [-0.2, -0.15) is 8.42 Å². The molecule has 0 radical (unpaired) electrons. The van der Waals surface area contributed by atoms with Gasteiger partial charge in [0.05, 0.1) is 24.5 Å². The molecule has 0 bridgehead atoms. The minimum absolute atomic E-state index is 0.0555. The molecule has 4 N–H and O–H groups in total. The first-order valence-electron chi connectivity index (χ1n) is 8.42. The van der Waals surface area contributed by atoms with Gasteiger partial charge >= 0.3 is 10.2 Å². The standard InChI is InChI=1S/C16H22N4O5S/c17-16-15-12(18-26(23,24)19-16)4-1-5-13(15)25-10-11-3-2-7-20(9-11)14(22)6-8-21/h1,4-5,11,18,21H,2-3,6-10H2,(H2,17,19)/t11-/m0/s1. The number of amides is 1. The number of rotatable bonds is 5. The zero-order chi connectivity index (χ0) is 18.7. The van der Waals surface area contributed by atoms with Crippen LogP contribution >= 0.6 is 0 Å². The summed E-state index contributed by atoms with van der Waals surface area (Å²) in [5.41, 5.74) is 6.56. The van der Waals surface area contributed by atoms with E-state index in [9.17, 15) is 13.2 Å². The van der Waals surface area contributed by atoms with E-state index in [1.807, 2.05) is 0 Å². The number of piperidine rings is 1. The highest BCUT2D eigenvalue weighted by molar-refractivity contribution is 7.91. The number of fused-ring (bicyclic) bond motifs is 1. The number of likely N-dealkylation sites (tertiary alicyclic amines) is 1. The molecule has 3 rings (SSSR count). The molecule has 0 saturated carbocycles. The summed E-state index contributed by atoms with van der Waals surface area (Å²) in [5.74, 6) is 0.434. The Morgan fingerprint density at radius 2 is 2.27 bits per heavy atom. The molecule has 2 aliphatic heterocycles. The summed E-state index contributed by atoms with van der Waals surface area (Å²) >= 11 is 0. The summed E-state index contributed by atoms with van der Waals surface area (Å²) in [5, 5.41) is 8.92. The van der Waals surface area contributed by atoms with Gasteiger partial charge in [0.2, 0.25) is 5.91 Å². The number of nitrogens with two attached hydrogens (primary N) is 1. The van der Waals surface area contributed by atoms with E-state index in [4.69, 9.17) is 15.6 Å². The van der Waals surface area contributed by atoms with E-state index in [0.717, 1.165) is 12.8 Å². The number of aliphatic hydroxyl groups excluding tert-OH is 1. The Hall–Kier alpha value is -2.33. The third-order valence-corrected chi connectivity index (χ3v) is 5.33. The summed E-state index contributed by atoms with van der Waals surface area (Å²) in [6.45, 7) is 1.49. The first-order chi connectivity index (χ1) is 12.4. The van der Waals surface area contributed by atoms with Crippen molar-refractivity contribution >= 4 is 27.6 Å². The summed E-state index contributed by atoms with van der Waals surface area (Å²) in [4.78, 5) is 13.7. The molecule has 0 spiro atoms.